The SMILES string of the molecule is Cc1nc(N[C@@H]2CCNC[C@H]2O)nnc1-c1ccc(C(F)(F)F)cc1O. The number of β-amino-alcohol motifs (C(OH)–C–C–N with tert-alkyl or cyclic N) is 1. The van der Waals surface area contributed by atoms with Gasteiger partial charge in [-0.3, -0.25) is 0 Å². The second-order valence-electron chi connectivity index (χ2n) is 6.11. The monoisotopic (exact) mass is 369 g/mol. The zero-order valence-corrected chi connectivity index (χ0v) is 13.9. The average molecular weight is 369 g/mol. The van der Waals surface area contributed by atoms with E-state index in [-0.39, 0.29) is 23.2 Å². The minimum Gasteiger partial charge on any atom is -0.507 e. The number of aliphatic hydroxyl groups excluding tert-OH is 1. The van der Waals surface area contributed by atoms with E-state index in [1.807, 2.05) is 0 Å². The van der Waals surface area contributed by atoms with Gasteiger partial charge in [0.2, 0.25) is 5.95 Å². The number of anilines is 1. The number of hydrogen-bond donors (Lipinski definition) is 4. The Kier molecular flexibility index (Phi) is 4.97. The van der Waals surface area contributed by atoms with Crippen LogP contribution < -0.4 is 10.6 Å². The van der Waals surface area contributed by atoms with Gasteiger partial charge in [0, 0.05) is 12.1 Å². The van der Waals surface area contributed by atoms with Crippen molar-refractivity contribution in [1.29, 1.82) is 0 Å². The first-order valence-corrected chi connectivity index (χ1v) is 8.03. The number of hydrogen-bond acceptors (Lipinski definition) is 7. The van der Waals surface area contributed by atoms with Crippen LogP contribution in [0.1, 0.15) is 17.7 Å². The van der Waals surface area contributed by atoms with Crippen molar-refractivity contribution in [2.75, 3.05) is 18.4 Å². The van der Waals surface area contributed by atoms with E-state index in [1.165, 1.54) is 0 Å². The molecule has 0 amide bonds. The molecule has 0 radical (unpaired) electrons. The fourth-order valence-corrected chi connectivity index (χ4v) is 2.80. The number of aromatic nitrogens is 3. The van der Waals surface area contributed by atoms with Crippen LogP contribution in [0.3, 0.4) is 0 Å². The first kappa shape index (κ1) is 18.3. The van der Waals surface area contributed by atoms with Crippen LogP contribution in [0.15, 0.2) is 18.2 Å². The highest BCUT2D eigenvalue weighted by atomic mass is 19.4. The zero-order chi connectivity index (χ0) is 18.9. The van der Waals surface area contributed by atoms with Gasteiger partial charge in [0.05, 0.1) is 23.4 Å². The maximum Gasteiger partial charge on any atom is 0.416 e. The van der Waals surface area contributed by atoms with Crippen LogP contribution in [0.2, 0.25) is 0 Å². The van der Waals surface area contributed by atoms with E-state index < -0.39 is 23.6 Å². The Bertz CT molecular complexity index is 800. The molecule has 10 heteroatoms. The Morgan fingerprint density at radius 2 is 2.04 bits per heavy atom. The average Bonchev–Trinajstić information content (AvgIpc) is 2.57. The number of piperidine rings is 1. The third-order valence-corrected chi connectivity index (χ3v) is 4.21. The van der Waals surface area contributed by atoms with Gasteiger partial charge in [0.15, 0.2) is 0 Å². The van der Waals surface area contributed by atoms with Crippen molar-refractivity contribution in [3.63, 3.8) is 0 Å². The Labute approximate surface area is 147 Å². The molecule has 0 spiro atoms. The fraction of sp³-hybridized carbons (Fsp3) is 0.438. The molecule has 1 aliphatic rings. The molecule has 2 atom stereocenters. The quantitative estimate of drug-likeness (QED) is 0.653. The molecule has 0 unspecified atom stereocenters. The summed E-state index contributed by atoms with van der Waals surface area (Å²) in [5.74, 6) is -0.336. The number of phenols is 1. The van der Waals surface area contributed by atoms with Crippen LogP contribution in [0, 0.1) is 6.92 Å². The Morgan fingerprint density at radius 3 is 2.65 bits per heavy atom. The van der Waals surface area contributed by atoms with E-state index in [2.05, 4.69) is 25.8 Å². The van der Waals surface area contributed by atoms with Crippen molar-refractivity contribution in [1.82, 2.24) is 20.5 Å². The lowest BCUT2D eigenvalue weighted by Crippen LogP contribution is -2.47. The van der Waals surface area contributed by atoms with Gasteiger partial charge in [-0.1, -0.05) is 0 Å². The number of aromatic hydroxyl groups is 1. The van der Waals surface area contributed by atoms with Gasteiger partial charge in [-0.2, -0.15) is 13.2 Å². The summed E-state index contributed by atoms with van der Waals surface area (Å²) in [6.07, 6.45) is -4.45. The molecule has 1 aromatic carbocycles. The van der Waals surface area contributed by atoms with Gasteiger partial charge in [0.25, 0.3) is 0 Å². The highest BCUT2D eigenvalue weighted by Gasteiger charge is 2.31. The van der Waals surface area contributed by atoms with E-state index in [4.69, 9.17) is 0 Å². The summed E-state index contributed by atoms with van der Waals surface area (Å²) in [4.78, 5) is 4.24. The van der Waals surface area contributed by atoms with Gasteiger partial charge in [-0.05, 0) is 38.1 Å². The number of nitrogens with zero attached hydrogens (tertiary/aromatic N) is 3. The molecule has 1 aromatic heterocycles. The van der Waals surface area contributed by atoms with Crippen molar-refractivity contribution in [2.24, 2.45) is 0 Å². The molecular formula is C16H18F3N5O2. The minimum atomic E-state index is -4.54. The van der Waals surface area contributed by atoms with Crippen LogP contribution in [-0.2, 0) is 6.18 Å². The number of nitrogens with one attached hydrogen (secondary N) is 2. The molecule has 1 aliphatic heterocycles. The number of benzene rings is 1. The van der Waals surface area contributed by atoms with Gasteiger partial charge in [0.1, 0.15) is 11.4 Å². The summed E-state index contributed by atoms with van der Waals surface area (Å²) in [6, 6.07) is 2.44. The van der Waals surface area contributed by atoms with E-state index in [9.17, 15) is 23.4 Å². The van der Waals surface area contributed by atoms with Crippen molar-refractivity contribution >= 4 is 5.95 Å². The number of phenolic OH excluding ortho intramolecular Hbond substituents is 1. The topological polar surface area (TPSA) is 103 Å². The normalized spacial score (nSPS) is 20.8. The number of aryl methyl sites for hydroxylation is 1. The third-order valence-electron chi connectivity index (χ3n) is 4.21. The van der Waals surface area contributed by atoms with Crippen LogP contribution in [0.25, 0.3) is 11.3 Å². The summed E-state index contributed by atoms with van der Waals surface area (Å²) in [7, 11) is 0. The molecule has 0 bridgehead atoms. The Morgan fingerprint density at radius 1 is 1.27 bits per heavy atom. The molecule has 1 saturated heterocycles. The van der Waals surface area contributed by atoms with E-state index in [0.717, 1.165) is 18.7 Å². The third kappa shape index (κ3) is 3.86. The van der Waals surface area contributed by atoms with Crippen molar-refractivity contribution < 1.29 is 23.4 Å². The lowest BCUT2D eigenvalue weighted by molar-refractivity contribution is -0.137. The summed E-state index contributed by atoms with van der Waals surface area (Å²) in [5, 5.41) is 33.8. The predicted molar refractivity (Wildman–Crippen MR) is 87.6 cm³/mol. The summed E-state index contributed by atoms with van der Waals surface area (Å²) in [6.45, 7) is 2.82. The van der Waals surface area contributed by atoms with E-state index >= 15 is 0 Å². The van der Waals surface area contributed by atoms with Crippen LogP contribution in [-0.4, -0.2) is 50.6 Å². The molecule has 2 heterocycles. The summed E-state index contributed by atoms with van der Waals surface area (Å²) in [5.41, 5.74) is -0.256. The lowest BCUT2D eigenvalue weighted by Gasteiger charge is -2.28. The smallest absolute Gasteiger partial charge is 0.416 e. The van der Waals surface area contributed by atoms with E-state index in [0.29, 0.717) is 24.7 Å². The molecule has 140 valence electrons. The minimum absolute atomic E-state index is 0.115. The second-order valence-corrected chi connectivity index (χ2v) is 6.11. The fourth-order valence-electron chi connectivity index (χ4n) is 2.80. The molecule has 2 aromatic rings. The number of aliphatic hydroxyl groups is 1. The van der Waals surface area contributed by atoms with Crippen LogP contribution in [0.5, 0.6) is 5.75 Å². The van der Waals surface area contributed by atoms with Crippen LogP contribution in [0.4, 0.5) is 19.1 Å². The van der Waals surface area contributed by atoms with Gasteiger partial charge in [-0.25, -0.2) is 4.98 Å². The molecule has 1 fully saturated rings. The Hall–Kier alpha value is -2.46. The molecule has 0 saturated carbocycles. The van der Waals surface area contributed by atoms with Gasteiger partial charge < -0.3 is 20.8 Å². The molecule has 7 nitrogen and oxygen atoms in total. The Balaban J connectivity index is 1.84. The molecule has 26 heavy (non-hydrogen) atoms. The molecule has 0 aliphatic carbocycles. The molecule has 4 N–H and O–H groups in total. The lowest BCUT2D eigenvalue weighted by atomic mass is 10.0. The van der Waals surface area contributed by atoms with Crippen LogP contribution >= 0.6 is 0 Å². The first-order valence-electron chi connectivity index (χ1n) is 8.03. The highest BCUT2D eigenvalue weighted by Crippen LogP contribution is 2.36. The van der Waals surface area contributed by atoms with Gasteiger partial charge >= 0.3 is 6.18 Å². The van der Waals surface area contributed by atoms with Crippen molar-refractivity contribution in [3.8, 4) is 17.0 Å². The summed E-state index contributed by atoms with van der Waals surface area (Å²) < 4.78 is 38.1. The maximum atomic E-state index is 12.7. The summed E-state index contributed by atoms with van der Waals surface area (Å²) >= 11 is 0. The largest absolute Gasteiger partial charge is 0.507 e. The highest BCUT2D eigenvalue weighted by molar-refractivity contribution is 5.69. The molecular weight excluding hydrogens is 351 g/mol. The second kappa shape index (κ2) is 7.04. The molecule has 3 rings (SSSR count). The van der Waals surface area contributed by atoms with Crippen molar-refractivity contribution in [3.05, 3.63) is 29.5 Å². The number of halogens is 3. The number of rotatable bonds is 3. The first-order chi connectivity index (χ1) is 12.3. The standard InChI is InChI=1S/C16H18F3N5O2/c1-8-14(10-3-2-9(6-12(10)25)16(17,18)19)23-24-15(21-8)22-11-4-5-20-7-13(11)26/h2-3,6,11,13,20,25-26H,4-5,7H2,1H3,(H,21,22,24)/t11-,13-/m1/s1. The van der Waals surface area contributed by atoms with Gasteiger partial charge in [-0.15, -0.1) is 10.2 Å². The number of alkyl halides is 3. The van der Waals surface area contributed by atoms with Crippen molar-refractivity contribution in [2.45, 2.75) is 31.7 Å². The maximum absolute atomic E-state index is 12.7. The van der Waals surface area contributed by atoms with E-state index in [1.54, 1.807) is 6.92 Å². The zero-order valence-electron chi connectivity index (χ0n) is 13.9. The predicted octanol–water partition coefficient (Wildman–Crippen LogP) is 1.71.